The summed E-state index contributed by atoms with van der Waals surface area (Å²) in [5.74, 6) is -1.08. The number of aliphatic hydroxyl groups is 8. The first-order chi connectivity index (χ1) is 29.0. The minimum absolute atomic E-state index is 0.0372. The molecule has 18 heteroatoms. The molecule has 5 saturated carbocycles. The van der Waals surface area contributed by atoms with Gasteiger partial charge in [-0.15, -0.1) is 0 Å². The van der Waals surface area contributed by atoms with Crippen LogP contribution >= 0.6 is 0 Å². The molecule has 4 saturated heterocycles. The van der Waals surface area contributed by atoms with E-state index < -0.39 is 114 Å². The smallest absolute Gasteiger partial charge is 0.306 e. The van der Waals surface area contributed by atoms with Gasteiger partial charge >= 0.3 is 11.9 Å². The number of hydrogen-bond acceptors (Lipinski definition) is 18. The van der Waals surface area contributed by atoms with Crippen LogP contribution in [0, 0.1) is 44.8 Å². The van der Waals surface area contributed by atoms with E-state index in [0.29, 0.717) is 38.5 Å². The summed E-state index contributed by atoms with van der Waals surface area (Å²) in [6, 6.07) is 0. The molecule has 9 aliphatic rings. The molecule has 5 aliphatic carbocycles. The van der Waals surface area contributed by atoms with Crippen LogP contribution in [-0.4, -0.2) is 170 Å². The Bertz CT molecular complexity index is 1730. The first kappa shape index (κ1) is 45.5. The Kier molecular flexibility index (Phi) is 11.4. The summed E-state index contributed by atoms with van der Waals surface area (Å²) < 4.78 is 49.5. The van der Waals surface area contributed by atoms with E-state index in [-0.39, 0.29) is 60.3 Å². The van der Waals surface area contributed by atoms with Gasteiger partial charge in [-0.2, -0.15) is 0 Å². The number of hydrogen-bond donors (Lipinski definition) is 8. The molecule has 9 fully saturated rings. The van der Waals surface area contributed by atoms with E-state index in [2.05, 4.69) is 27.7 Å². The molecule has 0 amide bonds. The summed E-state index contributed by atoms with van der Waals surface area (Å²) in [5, 5.41) is 85.3. The van der Waals surface area contributed by atoms with Crippen LogP contribution < -0.4 is 0 Å². The number of carbonyl (C=O) groups excluding carboxylic acids is 2. The van der Waals surface area contributed by atoms with Crippen LogP contribution in [0.2, 0.25) is 0 Å². The number of ether oxygens (including phenoxy) is 8. The predicted molar refractivity (Wildman–Crippen MR) is 209 cm³/mol. The van der Waals surface area contributed by atoms with Crippen molar-refractivity contribution in [3.63, 3.8) is 0 Å². The van der Waals surface area contributed by atoms with E-state index in [1.807, 2.05) is 6.92 Å². The third-order valence-corrected chi connectivity index (χ3v) is 18.3. The van der Waals surface area contributed by atoms with Crippen LogP contribution in [0.3, 0.4) is 0 Å². The van der Waals surface area contributed by atoms with E-state index in [4.69, 9.17) is 37.9 Å². The van der Waals surface area contributed by atoms with Crippen molar-refractivity contribution in [3.8, 4) is 0 Å². The summed E-state index contributed by atoms with van der Waals surface area (Å²) in [5.41, 5.74) is -2.78. The molecule has 4 aliphatic heterocycles. The second kappa shape index (κ2) is 15.5. The molecule has 23 atom stereocenters. The van der Waals surface area contributed by atoms with E-state index in [1.165, 1.54) is 6.92 Å². The van der Waals surface area contributed by atoms with Gasteiger partial charge < -0.3 is 78.7 Å². The average molecular weight is 885 g/mol. The molecule has 0 aromatic rings. The molecule has 352 valence electrons. The number of cyclic esters (lactones) is 1. The Morgan fingerprint density at radius 3 is 1.84 bits per heavy atom. The molecule has 8 N–H and O–H groups in total. The third-order valence-electron chi connectivity index (χ3n) is 18.3. The lowest BCUT2D eigenvalue weighted by atomic mass is 9.41. The molecule has 0 unspecified atom stereocenters. The van der Waals surface area contributed by atoms with Crippen molar-refractivity contribution < 1.29 is 88.3 Å². The van der Waals surface area contributed by atoms with Gasteiger partial charge in [0.1, 0.15) is 66.6 Å². The van der Waals surface area contributed by atoms with Crippen LogP contribution in [0.15, 0.2) is 0 Å². The summed E-state index contributed by atoms with van der Waals surface area (Å²) in [6.45, 7) is 11.3. The fourth-order valence-corrected chi connectivity index (χ4v) is 15.4. The Balaban J connectivity index is 1.05. The van der Waals surface area contributed by atoms with E-state index in [1.54, 1.807) is 0 Å². The quantitative estimate of drug-likeness (QED) is 0.116. The standard InChI is InChI=1S/C44H68O18/c1-19(45)58-24-14-41(5)25-13-23(59-36-31(53)28(50)20(46)15-55-36)34-39(2,3)26(60-38-33(30(52)22(48)17-57-38)61-37-32(54)29(51)21(47)16-56-37)7-10-44(34)18-43(25,44)12-11-40(41,4)35(24)42(6)9-8-27(49)62-42/h20-26,28-38,46-48,50-54H,7-18H2,1-6H3/t20-,21+,22-,23+,24+,25+,26+,28+,29+,30+,31-,32-,33-,34+,35+,36+,37+,38+,40-,41+,42-,43+,44-/m1/s1. The maximum atomic E-state index is 12.8. The van der Waals surface area contributed by atoms with Crippen LogP contribution in [0.5, 0.6) is 0 Å². The minimum Gasteiger partial charge on any atom is -0.462 e. The second-order valence-electron chi connectivity index (χ2n) is 21.7. The van der Waals surface area contributed by atoms with Crippen LogP contribution in [0.4, 0.5) is 0 Å². The van der Waals surface area contributed by atoms with Gasteiger partial charge in [0.25, 0.3) is 0 Å². The molecular formula is C44H68O18. The lowest BCUT2D eigenvalue weighted by Gasteiger charge is -2.65. The molecule has 9 rings (SSSR count). The second-order valence-corrected chi connectivity index (χ2v) is 21.7. The number of esters is 2. The molecule has 4 heterocycles. The van der Waals surface area contributed by atoms with E-state index in [9.17, 15) is 50.4 Å². The van der Waals surface area contributed by atoms with Gasteiger partial charge in [0.05, 0.1) is 32.0 Å². The monoisotopic (exact) mass is 884 g/mol. The molecule has 0 aromatic carbocycles. The Hall–Kier alpha value is -1.62. The molecule has 62 heavy (non-hydrogen) atoms. The molecule has 2 spiro atoms. The lowest BCUT2D eigenvalue weighted by Crippen LogP contribution is -2.65. The van der Waals surface area contributed by atoms with Gasteiger partial charge in [-0.3, -0.25) is 9.59 Å². The van der Waals surface area contributed by atoms with E-state index in [0.717, 1.165) is 19.3 Å². The molecule has 0 aromatic heterocycles. The highest BCUT2D eigenvalue weighted by Crippen LogP contribution is 2.89. The molecule has 18 nitrogen and oxygen atoms in total. The molecule has 0 bridgehead atoms. The van der Waals surface area contributed by atoms with Gasteiger partial charge in [0.15, 0.2) is 18.9 Å². The summed E-state index contributed by atoms with van der Waals surface area (Å²) >= 11 is 0. The number of aliphatic hydroxyl groups excluding tert-OH is 8. The van der Waals surface area contributed by atoms with E-state index >= 15 is 0 Å². The minimum atomic E-state index is -1.66. The van der Waals surface area contributed by atoms with Crippen molar-refractivity contribution >= 4 is 11.9 Å². The van der Waals surface area contributed by atoms with Gasteiger partial charge in [0, 0.05) is 19.3 Å². The Labute approximate surface area is 361 Å². The third kappa shape index (κ3) is 6.62. The van der Waals surface area contributed by atoms with Crippen molar-refractivity contribution in [2.24, 2.45) is 44.8 Å². The van der Waals surface area contributed by atoms with Gasteiger partial charge in [-0.1, -0.05) is 27.7 Å². The normalized spacial score (nSPS) is 56.8. The number of carbonyl (C=O) groups is 2. The molecular weight excluding hydrogens is 816 g/mol. The first-order valence-electron chi connectivity index (χ1n) is 22.7. The van der Waals surface area contributed by atoms with Gasteiger partial charge in [-0.25, -0.2) is 0 Å². The van der Waals surface area contributed by atoms with Crippen molar-refractivity contribution in [1.82, 2.24) is 0 Å². The Morgan fingerprint density at radius 2 is 1.24 bits per heavy atom. The maximum absolute atomic E-state index is 12.8. The van der Waals surface area contributed by atoms with Crippen molar-refractivity contribution in [2.75, 3.05) is 19.8 Å². The van der Waals surface area contributed by atoms with Crippen molar-refractivity contribution in [1.29, 1.82) is 0 Å². The van der Waals surface area contributed by atoms with Crippen LogP contribution in [0.25, 0.3) is 0 Å². The fraction of sp³-hybridized carbons (Fsp3) is 0.955. The Morgan fingerprint density at radius 1 is 0.645 bits per heavy atom. The van der Waals surface area contributed by atoms with Crippen molar-refractivity contribution in [2.45, 2.75) is 197 Å². The maximum Gasteiger partial charge on any atom is 0.306 e. The topological polar surface area (TPSA) is 270 Å². The number of rotatable bonds is 8. The van der Waals surface area contributed by atoms with Crippen LogP contribution in [0.1, 0.15) is 99.3 Å². The number of fused-ring (bicyclic) bond motifs is 2. The zero-order valence-electron chi connectivity index (χ0n) is 36.5. The SMILES string of the molecule is CC(=O)O[C@H]1C[C@@]2(C)[C@@H]3C[C@H](O[C@@H]4OC[C@@H](O)[C@H](O)[C@H]4O)[C@H]4C(C)(C)[C@@H](O[C@@H]5OC[C@@H](O)[C@H](O)[C@H]5O[C@@H]5OC[C@H](O)[C@H](O)[C@H]5O)CC[C@@]45C[C@@]35CC[C@]2(C)[C@H]1[C@@]1(C)CCC(=O)O1. The largest absolute Gasteiger partial charge is 0.462 e. The zero-order chi connectivity index (χ0) is 44.7. The van der Waals surface area contributed by atoms with Crippen LogP contribution in [-0.2, 0) is 47.5 Å². The van der Waals surface area contributed by atoms with Crippen molar-refractivity contribution in [3.05, 3.63) is 0 Å². The predicted octanol–water partition coefficient (Wildman–Crippen LogP) is -0.216. The summed E-state index contributed by atoms with van der Waals surface area (Å²) in [7, 11) is 0. The van der Waals surface area contributed by atoms with Gasteiger partial charge in [0.2, 0.25) is 0 Å². The molecule has 0 radical (unpaired) electrons. The first-order valence-corrected chi connectivity index (χ1v) is 22.7. The summed E-state index contributed by atoms with van der Waals surface area (Å²) in [4.78, 5) is 25.5. The average Bonchev–Trinajstić information content (AvgIpc) is 3.62. The fourth-order valence-electron chi connectivity index (χ4n) is 15.4. The lowest BCUT2D eigenvalue weighted by molar-refractivity contribution is -0.359. The highest BCUT2D eigenvalue weighted by molar-refractivity contribution is 5.72. The highest BCUT2D eigenvalue weighted by atomic mass is 16.8. The highest BCUT2D eigenvalue weighted by Gasteiger charge is 2.85. The summed E-state index contributed by atoms with van der Waals surface area (Å²) in [6.07, 6.45) is -12.9. The van der Waals surface area contributed by atoms with Gasteiger partial charge in [-0.05, 0) is 97.2 Å². The zero-order valence-corrected chi connectivity index (χ0v) is 36.5.